The second-order valence-electron chi connectivity index (χ2n) is 6.16. The van der Waals surface area contributed by atoms with Gasteiger partial charge in [-0.3, -0.25) is 14.3 Å². The van der Waals surface area contributed by atoms with Crippen molar-refractivity contribution in [2.24, 2.45) is 0 Å². The molecule has 0 spiro atoms. The second-order valence-corrected chi connectivity index (χ2v) is 6.16. The van der Waals surface area contributed by atoms with Gasteiger partial charge in [0.1, 0.15) is 11.6 Å². The number of fused-ring (bicyclic) bond motifs is 2. The number of hydrogen-bond acceptors (Lipinski definition) is 3. The monoisotopic (exact) mass is 323 g/mol. The summed E-state index contributed by atoms with van der Waals surface area (Å²) in [7, 11) is 0. The average molecular weight is 323 g/mol. The summed E-state index contributed by atoms with van der Waals surface area (Å²) >= 11 is 0. The van der Waals surface area contributed by atoms with Crippen LogP contribution in [0, 0.1) is 5.82 Å². The molecule has 1 aliphatic rings. The molecule has 2 aromatic carbocycles. The predicted octanol–water partition coefficient (Wildman–Crippen LogP) is 2.59. The van der Waals surface area contributed by atoms with Gasteiger partial charge in [-0.15, -0.1) is 0 Å². The number of nitrogens with zero attached hydrogens (tertiary/aromatic N) is 3. The fourth-order valence-corrected chi connectivity index (χ4v) is 3.27. The second kappa shape index (κ2) is 6.17. The Labute approximate surface area is 139 Å². The number of halogens is 1. The highest BCUT2D eigenvalue weighted by Gasteiger charge is 2.18. The standard InChI is InChI=1S/C19H18FN3O/c20-15-6-7-17-16(12-15)19(24)23-11-10-22(9-8-18(23)21-17)13-14-4-2-1-3-5-14/h1-7,12H,8-11,13H2. The molecule has 0 fully saturated rings. The SMILES string of the molecule is O=c1c2cc(F)ccc2nc2n1CCN(Cc1ccccc1)CC2. The van der Waals surface area contributed by atoms with Crippen LogP contribution in [-0.2, 0) is 19.5 Å². The van der Waals surface area contributed by atoms with Crippen LogP contribution >= 0.6 is 0 Å². The van der Waals surface area contributed by atoms with E-state index in [2.05, 4.69) is 22.0 Å². The van der Waals surface area contributed by atoms with Gasteiger partial charge in [0.2, 0.25) is 0 Å². The Morgan fingerprint density at radius 1 is 1.04 bits per heavy atom. The van der Waals surface area contributed by atoms with E-state index in [1.165, 1.54) is 17.7 Å². The van der Waals surface area contributed by atoms with Crippen LogP contribution in [0.5, 0.6) is 0 Å². The van der Waals surface area contributed by atoms with Crippen LogP contribution < -0.4 is 5.56 Å². The number of aromatic nitrogens is 2. The van der Waals surface area contributed by atoms with Gasteiger partial charge in [0.15, 0.2) is 0 Å². The Kier molecular flexibility index (Phi) is 3.86. The summed E-state index contributed by atoms with van der Waals surface area (Å²) in [6.45, 7) is 3.08. The first-order valence-corrected chi connectivity index (χ1v) is 8.16. The van der Waals surface area contributed by atoms with Crippen LogP contribution in [0.25, 0.3) is 10.9 Å². The quantitative estimate of drug-likeness (QED) is 0.727. The van der Waals surface area contributed by atoms with Crippen LogP contribution in [-0.4, -0.2) is 27.5 Å². The largest absolute Gasteiger partial charge is 0.297 e. The minimum atomic E-state index is -0.402. The molecule has 0 unspecified atom stereocenters. The molecule has 0 atom stereocenters. The Hall–Kier alpha value is -2.53. The Morgan fingerprint density at radius 3 is 2.71 bits per heavy atom. The maximum Gasteiger partial charge on any atom is 0.261 e. The zero-order valence-electron chi connectivity index (χ0n) is 13.3. The molecule has 2 heterocycles. The van der Waals surface area contributed by atoms with E-state index in [1.54, 1.807) is 10.6 Å². The van der Waals surface area contributed by atoms with Crippen molar-refractivity contribution in [3.63, 3.8) is 0 Å². The van der Waals surface area contributed by atoms with Gasteiger partial charge in [0, 0.05) is 32.6 Å². The molecular weight excluding hydrogens is 305 g/mol. The zero-order chi connectivity index (χ0) is 16.5. The molecule has 1 aromatic heterocycles. The van der Waals surface area contributed by atoms with E-state index >= 15 is 0 Å². The molecule has 0 N–H and O–H groups in total. The van der Waals surface area contributed by atoms with E-state index in [0.717, 1.165) is 31.9 Å². The van der Waals surface area contributed by atoms with Crippen molar-refractivity contribution in [2.75, 3.05) is 13.1 Å². The lowest BCUT2D eigenvalue weighted by Gasteiger charge is -2.19. The summed E-state index contributed by atoms with van der Waals surface area (Å²) in [5.74, 6) is 0.385. The number of rotatable bonds is 2. The third kappa shape index (κ3) is 2.83. The fraction of sp³-hybridized carbons (Fsp3) is 0.263. The van der Waals surface area contributed by atoms with Crippen LogP contribution in [0.15, 0.2) is 53.3 Å². The van der Waals surface area contributed by atoms with Crippen LogP contribution in [0.1, 0.15) is 11.4 Å². The molecule has 4 rings (SSSR count). The molecule has 0 saturated carbocycles. The predicted molar refractivity (Wildman–Crippen MR) is 91.4 cm³/mol. The van der Waals surface area contributed by atoms with E-state index in [0.29, 0.717) is 17.4 Å². The lowest BCUT2D eigenvalue weighted by molar-refractivity contribution is 0.271. The maximum absolute atomic E-state index is 13.4. The molecule has 4 nitrogen and oxygen atoms in total. The topological polar surface area (TPSA) is 38.1 Å². The fourth-order valence-electron chi connectivity index (χ4n) is 3.27. The lowest BCUT2D eigenvalue weighted by atomic mass is 10.2. The van der Waals surface area contributed by atoms with E-state index in [1.807, 2.05) is 18.2 Å². The van der Waals surface area contributed by atoms with Crippen LogP contribution in [0.4, 0.5) is 4.39 Å². The first-order valence-electron chi connectivity index (χ1n) is 8.16. The summed E-state index contributed by atoms with van der Waals surface area (Å²) in [6.07, 6.45) is 0.718. The highest BCUT2D eigenvalue weighted by Crippen LogP contribution is 2.14. The first-order chi connectivity index (χ1) is 11.7. The van der Waals surface area contributed by atoms with Crippen molar-refractivity contribution < 1.29 is 4.39 Å². The highest BCUT2D eigenvalue weighted by molar-refractivity contribution is 5.77. The van der Waals surface area contributed by atoms with Crippen LogP contribution in [0.2, 0.25) is 0 Å². The third-order valence-electron chi connectivity index (χ3n) is 4.54. The Morgan fingerprint density at radius 2 is 1.88 bits per heavy atom. The van der Waals surface area contributed by atoms with Crippen molar-refractivity contribution in [2.45, 2.75) is 19.5 Å². The lowest BCUT2D eigenvalue weighted by Crippen LogP contribution is -2.28. The molecule has 5 heteroatoms. The molecule has 3 aromatic rings. The van der Waals surface area contributed by atoms with E-state index in [4.69, 9.17) is 0 Å². The Bertz CT molecular complexity index is 936. The molecule has 0 bridgehead atoms. The van der Waals surface area contributed by atoms with Crippen molar-refractivity contribution >= 4 is 10.9 Å². The van der Waals surface area contributed by atoms with Gasteiger partial charge < -0.3 is 0 Å². The van der Waals surface area contributed by atoms with E-state index < -0.39 is 5.82 Å². The molecule has 0 aliphatic carbocycles. The number of benzene rings is 2. The summed E-state index contributed by atoms with van der Waals surface area (Å²) in [6, 6.07) is 14.5. The normalized spacial score (nSPS) is 15.2. The van der Waals surface area contributed by atoms with Gasteiger partial charge in [0.25, 0.3) is 5.56 Å². The molecule has 122 valence electrons. The summed E-state index contributed by atoms with van der Waals surface area (Å²) in [4.78, 5) is 19.6. The van der Waals surface area contributed by atoms with Gasteiger partial charge in [-0.25, -0.2) is 9.37 Å². The molecule has 24 heavy (non-hydrogen) atoms. The van der Waals surface area contributed by atoms with Gasteiger partial charge in [-0.2, -0.15) is 0 Å². The third-order valence-corrected chi connectivity index (χ3v) is 4.54. The Balaban J connectivity index is 1.64. The van der Waals surface area contributed by atoms with Crippen molar-refractivity contribution in [3.8, 4) is 0 Å². The zero-order valence-corrected chi connectivity index (χ0v) is 13.3. The van der Waals surface area contributed by atoms with Crippen LogP contribution in [0.3, 0.4) is 0 Å². The minimum Gasteiger partial charge on any atom is -0.297 e. The van der Waals surface area contributed by atoms with Gasteiger partial charge >= 0.3 is 0 Å². The molecule has 0 radical (unpaired) electrons. The molecule has 1 aliphatic heterocycles. The van der Waals surface area contributed by atoms with Gasteiger partial charge in [-0.05, 0) is 23.8 Å². The average Bonchev–Trinajstić information content (AvgIpc) is 2.80. The maximum atomic E-state index is 13.4. The van der Waals surface area contributed by atoms with Crippen molar-refractivity contribution in [1.29, 1.82) is 0 Å². The molecular formula is C19H18FN3O. The molecule has 0 saturated heterocycles. The summed E-state index contributed by atoms with van der Waals surface area (Å²) < 4.78 is 15.2. The minimum absolute atomic E-state index is 0.143. The van der Waals surface area contributed by atoms with Gasteiger partial charge in [0.05, 0.1) is 10.9 Å². The summed E-state index contributed by atoms with van der Waals surface area (Å²) in [5.41, 5.74) is 1.69. The highest BCUT2D eigenvalue weighted by atomic mass is 19.1. The van der Waals surface area contributed by atoms with Crippen molar-refractivity contribution in [1.82, 2.24) is 14.5 Å². The molecule has 0 amide bonds. The van der Waals surface area contributed by atoms with Gasteiger partial charge in [-0.1, -0.05) is 30.3 Å². The first kappa shape index (κ1) is 15.0. The van der Waals surface area contributed by atoms with Crippen molar-refractivity contribution in [3.05, 3.63) is 76.1 Å². The summed E-state index contributed by atoms with van der Waals surface area (Å²) in [5, 5.41) is 0.357. The van der Waals surface area contributed by atoms with E-state index in [-0.39, 0.29) is 5.56 Å². The number of hydrogen-bond donors (Lipinski definition) is 0. The van der Waals surface area contributed by atoms with E-state index in [9.17, 15) is 9.18 Å². The smallest absolute Gasteiger partial charge is 0.261 e.